The molecule has 0 unspecified atom stereocenters. The van der Waals surface area contributed by atoms with Crippen molar-refractivity contribution in [2.24, 2.45) is 5.92 Å². The van der Waals surface area contributed by atoms with Crippen LogP contribution in [0.5, 0.6) is 11.8 Å². The maximum atomic E-state index is 11.7. The van der Waals surface area contributed by atoms with E-state index in [0.29, 0.717) is 52.7 Å². The molecule has 10 nitrogen and oxygen atoms in total. The second-order valence-electron chi connectivity index (χ2n) is 13.2. The number of nitrogens with zero attached hydrogens (tertiary/aromatic N) is 4. The lowest BCUT2D eigenvalue weighted by Crippen LogP contribution is -2.66. The second-order valence-corrected chi connectivity index (χ2v) is 14.0. The highest BCUT2D eigenvalue weighted by Crippen LogP contribution is 2.43. The summed E-state index contributed by atoms with van der Waals surface area (Å²) >= 11 is 14.2. The highest BCUT2D eigenvalue weighted by molar-refractivity contribution is 6.39. The van der Waals surface area contributed by atoms with E-state index in [4.69, 9.17) is 47.8 Å². The number of rotatable bonds is 11. The van der Waals surface area contributed by atoms with Crippen LogP contribution in [0, 0.1) is 5.92 Å². The number of aliphatic carboxylic acids is 1. The van der Waals surface area contributed by atoms with Gasteiger partial charge in [-0.15, -0.1) is 0 Å². The zero-order valence-electron chi connectivity index (χ0n) is 27.3. The van der Waals surface area contributed by atoms with E-state index in [1.807, 2.05) is 60.7 Å². The third-order valence-electron chi connectivity index (χ3n) is 9.68. The summed E-state index contributed by atoms with van der Waals surface area (Å²) in [7, 11) is 3.21. The van der Waals surface area contributed by atoms with Crippen molar-refractivity contribution in [2.45, 2.75) is 37.9 Å². The number of hydrogen-bond acceptors (Lipinski definition) is 8. The molecule has 3 aliphatic heterocycles. The van der Waals surface area contributed by atoms with Gasteiger partial charge in [0.2, 0.25) is 17.7 Å². The fourth-order valence-electron chi connectivity index (χ4n) is 7.30. The molecule has 7 rings (SSSR count). The number of ether oxygens (including phenoxy) is 2. The van der Waals surface area contributed by atoms with Gasteiger partial charge < -0.3 is 19.9 Å². The predicted molar refractivity (Wildman–Crippen MR) is 188 cm³/mol. The first kappa shape index (κ1) is 33.3. The fourth-order valence-corrected chi connectivity index (χ4v) is 7.95. The van der Waals surface area contributed by atoms with E-state index in [1.165, 1.54) is 0 Å². The van der Waals surface area contributed by atoms with E-state index in [0.717, 1.165) is 66.0 Å². The van der Waals surface area contributed by atoms with Gasteiger partial charge in [0.25, 0.3) is 0 Å². The molecular formula is C37H37Cl2N5O5. The van der Waals surface area contributed by atoms with Crippen LogP contribution >= 0.6 is 23.2 Å². The van der Waals surface area contributed by atoms with Crippen LogP contribution in [0.15, 0.2) is 60.7 Å². The number of carboxylic acids is 1. The van der Waals surface area contributed by atoms with Crippen LogP contribution in [0.3, 0.4) is 0 Å². The first-order chi connectivity index (χ1) is 23.6. The van der Waals surface area contributed by atoms with E-state index >= 15 is 0 Å². The average molecular weight is 703 g/mol. The summed E-state index contributed by atoms with van der Waals surface area (Å²) in [6.07, 6.45) is 1.67. The lowest BCUT2D eigenvalue weighted by molar-refractivity contribution is -0.139. The summed E-state index contributed by atoms with van der Waals surface area (Å²) < 4.78 is 11.4. The molecule has 1 amide bonds. The van der Waals surface area contributed by atoms with Crippen LogP contribution in [0.25, 0.3) is 33.6 Å². The quantitative estimate of drug-likeness (QED) is 0.189. The number of carbonyl (C=O) groups excluding carboxylic acids is 1. The highest BCUT2D eigenvalue weighted by Gasteiger charge is 2.47. The van der Waals surface area contributed by atoms with Crippen molar-refractivity contribution < 1.29 is 24.2 Å². The minimum absolute atomic E-state index is 0.0835. The first-order valence-electron chi connectivity index (χ1n) is 16.3. The molecule has 0 radical (unpaired) electrons. The molecule has 2 N–H and O–H groups in total. The normalized spacial score (nSPS) is 17.4. The maximum Gasteiger partial charge on any atom is 0.303 e. The van der Waals surface area contributed by atoms with E-state index in [9.17, 15) is 9.59 Å². The van der Waals surface area contributed by atoms with Gasteiger partial charge in [0, 0.05) is 79.1 Å². The van der Waals surface area contributed by atoms with Crippen LogP contribution in [0.2, 0.25) is 10.0 Å². The van der Waals surface area contributed by atoms with Gasteiger partial charge in [-0.1, -0.05) is 71.7 Å². The number of halogens is 2. The largest absolute Gasteiger partial charge is 0.481 e. The molecule has 5 heterocycles. The Balaban J connectivity index is 1.10. The molecule has 49 heavy (non-hydrogen) atoms. The van der Waals surface area contributed by atoms with Gasteiger partial charge >= 0.3 is 5.97 Å². The predicted octanol–water partition coefficient (Wildman–Crippen LogP) is 6.17. The Kier molecular flexibility index (Phi) is 9.23. The van der Waals surface area contributed by atoms with E-state index in [-0.39, 0.29) is 23.8 Å². The van der Waals surface area contributed by atoms with Gasteiger partial charge in [-0.25, -0.2) is 9.97 Å². The third-order valence-corrected chi connectivity index (χ3v) is 10.5. The van der Waals surface area contributed by atoms with Crippen LogP contribution in [0.1, 0.15) is 30.4 Å². The molecule has 0 aliphatic carbocycles. The van der Waals surface area contributed by atoms with E-state index < -0.39 is 5.97 Å². The van der Waals surface area contributed by atoms with Gasteiger partial charge in [0.1, 0.15) is 0 Å². The van der Waals surface area contributed by atoms with Crippen molar-refractivity contribution in [1.82, 2.24) is 25.1 Å². The highest BCUT2D eigenvalue weighted by atomic mass is 35.5. The van der Waals surface area contributed by atoms with Gasteiger partial charge in [0.15, 0.2) is 0 Å². The molecule has 0 atom stereocenters. The number of likely N-dealkylation sites (tertiary alicyclic amines) is 2. The number of pyridine rings is 2. The lowest BCUT2D eigenvalue weighted by atomic mass is 9.88. The molecule has 3 aliphatic rings. The smallest absolute Gasteiger partial charge is 0.303 e. The Hall–Kier alpha value is -4.22. The summed E-state index contributed by atoms with van der Waals surface area (Å²) in [6.45, 7) is 4.41. The summed E-state index contributed by atoms with van der Waals surface area (Å²) in [5.41, 5.74) is 6.17. The number of hydrogen-bond donors (Lipinski definition) is 2. The molecule has 1 spiro atoms. The summed E-state index contributed by atoms with van der Waals surface area (Å²) in [5, 5.41) is 13.2. The number of carboxylic acid groups (broad SMARTS) is 1. The van der Waals surface area contributed by atoms with Crippen molar-refractivity contribution in [1.29, 1.82) is 0 Å². The number of benzene rings is 2. The second kappa shape index (κ2) is 13.6. The van der Waals surface area contributed by atoms with Crippen LogP contribution in [-0.4, -0.2) is 82.7 Å². The molecular weight excluding hydrogens is 665 g/mol. The number of methoxy groups -OCH3 is 2. The monoisotopic (exact) mass is 701 g/mol. The average Bonchev–Trinajstić information content (AvgIpc) is 3.45. The number of aromatic nitrogens is 2. The van der Waals surface area contributed by atoms with Crippen molar-refractivity contribution in [3.8, 4) is 45.4 Å². The molecule has 2 aromatic heterocycles. The van der Waals surface area contributed by atoms with Crippen molar-refractivity contribution in [3.63, 3.8) is 0 Å². The number of nitrogens with one attached hydrogen (secondary N) is 1. The zero-order valence-corrected chi connectivity index (χ0v) is 28.9. The van der Waals surface area contributed by atoms with Crippen LogP contribution in [0.4, 0.5) is 0 Å². The van der Waals surface area contributed by atoms with E-state index in [2.05, 4.69) is 15.1 Å². The summed E-state index contributed by atoms with van der Waals surface area (Å²) in [5.74, 6) is 0.582. The molecule has 2 aromatic carbocycles. The van der Waals surface area contributed by atoms with E-state index in [1.54, 1.807) is 14.2 Å². The third kappa shape index (κ3) is 6.70. The molecule has 3 saturated heterocycles. The maximum absolute atomic E-state index is 11.7. The topological polar surface area (TPSA) is 117 Å². The Morgan fingerprint density at radius 2 is 1.35 bits per heavy atom. The molecule has 0 saturated carbocycles. The Morgan fingerprint density at radius 3 is 1.82 bits per heavy atom. The zero-order chi connectivity index (χ0) is 34.3. The standard InChI is InChI=1S/C37H37Cl2N5O5/c1-48-35-23(18-43-16-22(17-43)15-32(46)47)9-11-29(40-35)27-7-3-5-25(33(27)38)26-6-4-8-28(34(26)39)30-12-10-24(36(41-30)49-2)19-44-20-37(21-44)14-13-31(45)42-37/h3-12,22H,13-21H2,1-2H3,(H,42,45)(H,46,47). The lowest BCUT2D eigenvalue weighted by Gasteiger charge is -2.48. The fraction of sp³-hybridized carbons (Fsp3) is 0.351. The minimum Gasteiger partial charge on any atom is -0.481 e. The van der Waals surface area contributed by atoms with Crippen molar-refractivity contribution in [3.05, 3.63) is 81.8 Å². The van der Waals surface area contributed by atoms with Gasteiger partial charge in [0.05, 0.1) is 47.6 Å². The Labute approximate surface area is 295 Å². The Bertz CT molecular complexity index is 1930. The van der Waals surface area contributed by atoms with Gasteiger partial charge in [-0.05, 0) is 24.5 Å². The summed E-state index contributed by atoms with van der Waals surface area (Å²) in [4.78, 5) is 36.9. The van der Waals surface area contributed by atoms with Crippen molar-refractivity contribution in [2.75, 3.05) is 40.4 Å². The SMILES string of the molecule is COc1nc(-c2cccc(-c3cccc(-c4ccc(CN5CC6(CCC(=O)N6)C5)c(OC)n4)c3Cl)c2Cl)ccc1CN1CC(CC(=O)O)C1. The van der Waals surface area contributed by atoms with Crippen LogP contribution < -0.4 is 14.8 Å². The summed E-state index contributed by atoms with van der Waals surface area (Å²) in [6, 6.07) is 19.5. The van der Waals surface area contributed by atoms with Gasteiger partial charge in [-0.3, -0.25) is 19.4 Å². The molecule has 12 heteroatoms. The molecule has 3 fully saturated rings. The molecule has 0 bridgehead atoms. The first-order valence-corrected chi connectivity index (χ1v) is 17.0. The number of carbonyl (C=O) groups is 2. The Morgan fingerprint density at radius 1 is 0.837 bits per heavy atom. The molecule has 254 valence electrons. The minimum atomic E-state index is -0.763. The van der Waals surface area contributed by atoms with Crippen LogP contribution in [-0.2, 0) is 22.7 Å². The van der Waals surface area contributed by atoms with Crippen molar-refractivity contribution >= 4 is 35.1 Å². The molecule has 4 aromatic rings. The van der Waals surface area contributed by atoms with Gasteiger partial charge in [-0.2, -0.15) is 0 Å². The number of amides is 1.